The van der Waals surface area contributed by atoms with Crippen molar-refractivity contribution in [1.29, 1.82) is 0 Å². The zero-order chi connectivity index (χ0) is 13.6. The van der Waals surface area contributed by atoms with E-state index in [-0.39, 0.29) is 0 Å². The molecule has 0 saturated carbocycles. The van der Waals surface area contributed by atoms with Crippen LogP contribution in [0.5, 0.6) is 0 Å². The maximum atomic E-state index is 9.72. The van der Waals surface area contributed by atoms with Crippen LogP contribution in [0.25, 0.3) is 10.9 Å². The molecule has 1 fully saturated rings. The molecule has 19 heavy (non-hydrogen) atoms. The van der Waals surface area contributed by atoms with E-state index in [1.54, 1.807) is 0 Å². The number of aromatic nitrogens is 1. The molecule has 2 atom stereocenters. The van der Waals surface area contributed by atoms with Crippen LogP contribution in [0.15, 0.2) is 12.1 Å². The molecule has 0 aliphatic carbocycles. The number of aliphatic hydroxyl groups is 1. The quantitative estimate of drug-likeness (QED) is 0.621. The van der Waals surface area contributed by atoms with Gasteiger partial charge < -0.3 is 21.1 Å². The van der Waals surface area contributed by atoms with Crippen molar-refractivity contribution in [3.63, 3.8) is 0 Å². The first-order chi connectivity index (χ1) is 9.09. The molecule has 5 N–H and O–H groups in total. The third kappa shape index (κ3) is 1.96. The average Bonchev–Trinajstić information content (AvgIpc) is 2.98. The molecule has 1 aliphatic rings. The van der Waals surface area contributed by atoms with Crippen LogP contribution in [0.1, 0.15) is 41.0 Å². The van der Waals surface area contributed by atoms with E-state index < -0.39 is 6.23 Å². The second kappa shape index (κ2) is 4.63. The van der Waals surface area contributed by atoms with Crippen LogP contribution in [0, 0.1) is 13.8 Å². The van der Waals surface area contributed by atoms with Crippen LogP contribution in [-0.4, -0.2) is 23.2 Å². The molecule has 2 heterocycles. The van der Waals surface area contributed by atoms with Gasteiger partial charge in [-0.25, -0.2) is 0 Å². The van der Waals surface area contributed by atoms with E-state index in [4.69, 9.17) is 5.73 Å². The normalized spacial score (nSPS) is 21.2. The predicted molar refractivity (Wildman–Crippen MR) is 77.1 cm³/mol. The van der Waals surface area contributed by atoms with E-state index in [2.05, 4.69) is 30.2 Å². The third-order valence-corrected chi connectivity index (χ3v) is 4.34. The lowest BCUT2D eigenvalue weighted by Gasteiger charge is -2.14. The Balaban J connectivity index is 2.26. The molecule has 0 radical (unpaired) electrons. The number of H-pyrrole nitrogens is 1. The first-order valence-corrected chi connectivity index (χ1v) is 6.85. The van der Waals surface area contributed by atoms with E-state index >= 15 is 0 Å². The van der Waals surface area contributed by atoms with E-state index in [9.17, 15) is 5.11 Å². The van der Waals surface area contributed by atoms with Crippen LogP contribution in [-0.2, 0) is 0 Å². The summed E-state index contributed by atoms with van der Waals surface area (Å²) in [5, 5.41) is 14.4. The Kier molecular flexibility index (Phi) is 3.09. The number of aliphatic hydroxyl groups excluding tert-OH is 1. The molecule has 3 rings (SSSR count). The van der Waals surface area contributed by atoms with E-state index in [1.165, 1.54) is 22.9 Å². The summed E-state index contributed by atoms with van der Waals surface area (Å²) in [5.74, 6) is 0.556. The summed E-state index contributed by atoms with van der Waals surface area (Å²) >= 11 is 0. The minimum atomic E-state index is -0.935. The molecule has 4 nitrogen and oxygen atoms in total. The number of hydrogen-bond acceptors (Lipinski definition) is 3. The molecule has 4 heteroatoms. The molecule has 2 aromatic rings. The fourth-order valence-electron chi connectivity index (χ4n) is 3.15. The van der Waals surface area contributed by atoms with Gasteiger partial charge in [0.1, 0.15) is 6.23 Å². The van der Waals surface area contributed by atoms with Gasteiger partial charge in [0.25, 0.3) is 0 Å². The van der Waals surface area contributed by atoms with E-state index in [0.717, 1.165) is 29.9 Å². The highest BCUT2D eigenvalue weighted by molar-refractivity contribution is 5.91. The van der Waals surface area contributed by atoms with Crippen LogP contribution in [0.3, 0.4) is 0 Å². The molecule has 1 aliphatic heterocycles. The Morgan fingerprint density at radius 1 is 1.37 bits per heavy atom. The Labute approximate surface area is 113 Å². The van der Waals surface area contributed by atoms with Crippen molar-refractivity contribution in [3.05, 3.63) is 34.5 Å². The van der Waals surface area contributed by atoms with E-state index in [1.807, 2.05) is 6.07 Å². The SMILES string of the molecule is Cc1[nH]c2c(C(N)O)ccc(C3CCNC3)c2c1C. The van der Waals surface area contributed by atoms with E-state index in [0.29, 0.717) is 5.92 Å². The number of aryl methyl sites for hydroxylation is 2. The molecule has 1 saturated heterocycles. The Morgan fingerprint density at radius 3 is 2.79 bits per heavy atom. The van der Waals surface area contributed by atoms with Gasteiger partial charge in [-0.15, -0.1) is 0 Å². The number of nitrogens with two attached hydrogens (primary N) is 1. The van der Waals surface area contributed by atoms with Gasteiger partial charge in [0.2, 0.25) is 0 Å². The lowest BCUT2D eigenvalue weighted by molar-refractivity contribution is 0.187. The summed E-state index contributed by atoms with van der Waals surface area (Å²) in [5.41, 5.74) is 11.2. The molecule has 0 spiro atoms. The standard InChI is InChI=1S/C15H21N3O/c1-8-9(2)18-14-12(15(16)19)4-3-11(13(8)14)10-5-6-17-7-10/h3-4,10,15,17-19H,5-7,16H2,1-2H3. The Morgan fingerprint density at radius 2 is 2.16 bits per heavy atom. The monoisotopic (exact) mass is 259 g/mol. The maximum Gasteiger partial charge on any atom is 0.130 e. The summed E-state index contributed by atoms with van der Waals surface area (Å²) in [6, 6.07) is 4.09. The molecule has 102 valence electrons. The fourth-order valence-corrected chi connectivity index (χ4v) is 3.15. The summed E-state index contributed by atoms with van der Waals surface area (Å²) in [4.78, 5) is 3.38. The average molecular weight is 259 g/mol. The van der Waals surface area contributed by atoms with Gasteiger partial charge >= 0.3 is 0 Å². The minimum Gasteiger partial charge on any atom is -0.374 e. The number of aromatic amines is 1. The second-order valence-corrected chi connectivity index (χ2v) is 5.50. The van der Waals surface area contributed by atoms with Crippen molar-refractivity contribution in [2.45, 2.75) is 32.4 Å². The number of benzene rings is 1. The van der Waals surface area contributed by atoms with Crippen LogP contribution < -0.4 is 11.1 Å². The van der Waals surface area contributed by atoms with Gasteiger partial charge in [-0.05, 0) is 43.9 Å². The van der Waals surface area contributed by atoms with Crippen LogP contribution >= 0.6 is 0 Å². The predicted octanol–water partition coefficient (Wildman–Crippen LogP) is 1.81. The maximum absolute atomic E-state index is 9.72. The summed E-state index contributed by atoms with van der Waals surface area (Å²) in [6.45, 7) is 6.31. The molecule has 1 aromatic heterocycles. The number of hydrogen-bond donors (Lipinski definition) is 4. The molecule has 2 unspecified atom stereocenters. The van der Waals surface area contributed by atoms with Gasteiger partial charge in [0.05, 0.1) is 5.52 Å². The van der Waals surface area contributed by atoms with Gasteiger partial charge in [0, 0.05) is 23.2 Å². The highest BCUT2D eigenvalue weighted by Crippen LogP contribution is 2.35. The summed E-state index contributed by atoms with van der Waals surface area (Å²) in [6.07, 6.45) is 0.235. The minimum absolute atomic E-state index is 0.556. The Bertz CT molecular complexity index is 609. The largest absolute Gasteiger partial charge is 0.374 e. The number of nitrogens with one attached hydrogen (secondary N) is 2. The molecular weight excluding hydrogens is 238 g/mol. The fraction of sp³-hybridized carbons (Fsp3) is 0.467. The van der Waals surface area contributed by atoms with Gasteiger partial charge in [0.15, 0.2) is 0 Å². The summed E-state index contributed by atoms with van der Waals surface area (Å²) in [7, 11) is 0. The van der Waals surface area contributed by atoms with Gasteiger partial charge in [-0.2, -0.15) is 0 Å². The second-order valence-electron chi connectivity index (χ2n) is 5.50. The lowest BCUT2D eigenvalue weighted by atomic mass is 9.91. The van der Waals surface area contributed by atoms with Gasteiger partial charge in [-0.1, -0.05) is 12.1 Å². The van der Waals surface area contributed by atoms with Crippen molar-refractivity contribution < 1.29 is 5.11 Å². The van der Waals surface area contributed by atoms with Crippen molar-refractivity contribution in [2.24, 2.45) is 5.73 Å². The molecular formula is C15H21N3O. The molecule has 0 bridgehead atoms. The first-order valence-electron chi connectivity index (χ1n) is 6.85. The van der Waals surface area contributed by atoms with Crippen molar-refractivity contribution in [3.8, 4) is 0 Å². The lowest BCUT2D eigenvalue weighted by Crippen LogP contribution is -2.11. The molecule has 0 amide bonds. The van der Waals surface area contributed by atoms with Crippen LogP contribution in [0.2, 0.25) is 0 Å². The van der Waals surface area contributed by atoms with Crippen molar-refractivity contribution in [2.75, 3.05) is 13.1 Å². The highest BCUT2D eigenvalue weighted by Gasteiger charge is 2.22. The number of fused-ring (bicyclic) bond motifs is 1. The zero-order valence-corrected chi connectivity index (χ0v) is 11.5. The topological polar surface area (TPSA) is 74.1 Å². The Hall–Kier alpha value is -1.36. The molecule has 1 aromatic carbocycles. The van der Waals surface area contributed by atoms with Crippen molar-refractivity contribution >= 4 is 10.9 Å². The van der Waals surface area contributed by atoms with Crippen LogP contribution in [0.4, 0.5) is 0 Å². The van der Waals surface area contributed by atoms with Crippen molar-refractivity contribution in [1.82, 2.24) is 10.3 Å². The zero-order valence-electron chi connectivity index (χ0n) is 11.5. The smallest absolute Gasteiger partial charge is 0.130 e. The van der Waals surface area contributed by atoms with Gasteiger partial charge in [-0.3, -0.25) is 0 Å². The highest BCUT2D eigenvalue weighted by atomic mass is 16.3. The first kappa shape index (κ1) is 12.7. The third-order valence-electron chi connectivity index (χ3n) is 4.34. The number of rotatable bonds is 2. The summed E-state index contributed by atoms with van der Waals surface area (Å²) < 4.78 is 0.